The Bertz CT molecular complexity index is 1070. The maximum absolute atomic E-state index is 10.6. The molecule has 204 valence electrons. The van der Waals surface area contributed by atoms with Crippen molar-refractivity contribution in [2.24, 2.45) is 11.8 Å². The summed E-state index contributed by atoms with van der Waals surface area (Å²) >= 11 is 0. The molecule has 1 heterocycles. The van der Waals surface area contributed by atoms with Crippen molar-refractivity contribution in [3.63, 3.8) is 0 Å². The van der Waals surface area contributed by atoms with Crippen molar-refractivity contribution in [1.82, 2.24) is 0 Å². The lowest BCUT2D eigenvalue weighted by atomic mass is 9.66. The third kappa shape index (κ3) is 5.15. The number of hydrogen-bond donors (Lipinski definition) is 6. The van der Waals surface area contributed by atoms with Crippen LogP contribution in [0.15, 0.2) is 24.3 Å². The van der Waals surface area contributed by atoms with Gasteiger partial charge in [-0.3, -0.25) is 0 Å². The zero-order valence-corrected chi connectivity index (χ0v) is 20.9. The lowest BCUT2D eigenvalue weighted by Gasteiger charge is -2.41. The van der Waals surface area contributed by atoms with Gasteiger partial charge < -0.3 is 54.3 Å². The monoisotopic (exact) mass is 522 g/mol. The molecule has 7 atom stereocenters. The van der Waals surface area contributed by atoms with Gasteiger partial charge >= 0.3 is 0 Å². The largest absolute Gasteiger partial charge is 0.504 e. The van der Waals surface area contributed by atoms with Crippen molar-refractivity contribution in [3.05, 3.63) is 41.0 Å². The van der Waals surface area contributed by atoms with Gasteiger partial charge in [0.25, 0.3) is 0 Å². The zero-order valence-electron chi connectivity index (χ0n) is 20.9. The lowest BCUT2D eigenvalue weighted by molar-refractivity contribution is -0.274. The number of phenols is 2. The molecule has 2 unspecified atom stereocenters. The van der Waals surface area contributed by atoms with Gasteiger partial charge in [-0.1, -0.05) is 0 Å². The average Bonchev–Trinajstić information content (AvgIpc) is 2.90. The number of aromatic hydroxyl groups is 2. The van der Waals surface area contributed by atoms with Gasteiger partial charge in [0.1, 0.15) is 18.3 Å². The van der Waals surface area contributed by atoms with Crippen molar-refractivity contribution < 1.29 is 54.3 Å². The summed E-state index contributed by atoms with van der Waals surface area (Å²) < 4.78 is 27.3. The molecule has 1 aliphatic heterocycles. The van der Waals surface area contributed by atoms with Crippen LogP contribution in [0.1, 0.15) is 22.6 Å². The summed E-state index contributed by atoms with van der Waals surface area (Å²) in [6.45, 7) is -0.392. The van der Waals surface area contributed by atoms with E-state index in [4.69, 9.17) is 23.7 Å². The molecule has 2 aromatic carbocycles. The number of aliphatic hydroxyl groups is 4. The molecule has 1 saturated heterocycles. The number of benzene rings is 2. The van der Waals surface area contributed by atoms with Crippen LogP contribution >= 0.6 is 0 Å². The summed E-state index contributed by atoms with van der Waals surface area (Å²) in [5, 5.41) is 61.6. The van der Waals surface area contributed by atoms with Crippen LogP contribution in [0.25, 0.3) is 0 Å². The molecule has 1 fully saturated rings. The van der Waals surface area contributed by atoms with E-state index in [0.717, 1.165) is 11.1 Å². The Morgan fingerprint density at radius 3 is 2.14 bits per heavy atom. The second-order valence-corrected chi connectivity index (χ2v) is 9.37. The Hall–Kier alpha value is -2.80. The highest BCUT2D eigenvalue weighted by Gasteiger charge is 2.42. The van der Waals surface area contributed by atoms with Crippen molar-refractivity contribution in [3.8, 4) is 28.7 Å². The summed E-state index contributed by atoms with van der Waals surface area (Å²) in [6, 6.07) is 6.66. The lowest BCUT2D eigenvalue weighted by Crippen LogP contribution is -2.54. The van der Waals surface area contributed by atoms with E-state index in [9.17, 15) is 30.6 Å². The minimum Gasteiger partial charge on any atom is -0.504 e. The van der Waals surface area contributed by atoms with E-state index in [1.54, 1.807) is 24.3 Å². The van der Waals surface area contributed by atoms with Crippen LogP contribution in [0, 0.1) is 11.8 Å². The fourth-order valence-corrected chi connectivity index (χ4v) is 5.28. The molecule has 11 nitrogen and oxygen atoms in total. The van der Waals surface area contributed by atoms with Crippen LogP contribution in [-0.2, 0) is 15.9 Å². The van der Waals surface area contributed by atoms with Gasteiger partial charge in [-0.25, -0.2) is 0 Å². The number of phenolic OH excluding ortho intramolecular Hbond substituents is 2. The molecule has 0 bridgehead atoms. The van der Waals surface area contributed by atoms with Crippen LogP contribution < -0.4 is 14.2 Å². The van der Waals surface area contributed by atoms with Crippen LogP contribution in [0.3, 0.4) is 0 Å². The Balaban J connectivity index is 1.78. The number of methoxy groups -OCH3 is 3. The van der Waals surface area contributed by atoms with E-state index in [2.05, 4.69) is 0 Å². The number of aliphatic hydroxyl groups excluding tert-OH is 4. The van der Waals surface area contributed by atoms with E-state index in [0.29, 0.717) is 17.7 Å². The molecule has 0 radical (unpaired) electrons. The second-order valence-electron chi connectivity index (χ2n) is 9.37. The summed E-state index contributed by atoms with van der Waals surface area (Å²) in [5.41, 5.74) is 2.28. The number of fused-ring (bicyclic) bond motifs is 1. The second kappa shape index (κ2) is 11.3. The molecule has 6 N–H and O–H groups in total. The highest BCUT2D eigenvalue weighted by molar-refractivity contribution is 5.57. The van der Waals surface area contributed by atoms with Gasteiger partial charge in [0, 0.05) is 12.5 Å². The first-order chi connectivity index (χ1) is 17.7. The maximum atomic E-state index is 10.6. The predicted molar refractivity (Wildman–Crippen MR) is 129 cm³/mol. The third-order valence-electron chi connectivity index (χ3n) is 7.29. The van der Waals surface area contributed by atoms with E-state index in [1.165, 1.54) is 21.3 Å². The first-order valence-corrected chi connectivity index (χ1v) is 12.0. The average molecular weight is 523 g/mol. The standard InChI is InChI=1S/C26H34O11/c1-33-19-5-12-4-14(9-27)16(10-36-26-25(32)23(30)18(29)11-37-26)22(15(12)8-17(19)28)13-6-20(34-2)24(31)21(7-13)35-3/h5-8,14,16,18,22-23,25-32H,4,9-11H2,1-3H3/t14?,16-,18-,22?,23+,25-,26-/m1/s1. The molecule has 2 aromatic rings. The number of rotatable bonds is 8. The number of hydrogen-bond acceptors (Lipinski definition) is 11. The van der Waals surface area contributed by atoms with Gasteiger partial charge in [-0.05, 0) is 59.2 Å². The summed E-state index contributed by atoms with van der Waals surface area (Å²) in [6.07, 6.45) is -4.86. The van der Waals surface area contributed by atoms with Crippen LogP contribution in [0.5, 0.6) is 28.7 Å². The van der Waals surface area contributed by atoms with Crippen molar-refractivity contribution >= 4 is 0 Å². The topological polar surface area (TPSA) is 168 Å². The molecule has 1 aliphatic carbocycles. The summed E-state index contributed by atoms with van der Waals surface area (Å²) in [5.74, 6) is -0.745. The molecule has 0 saturated carbocycles. The molecule has 11 heteroatoms. The van der Waals surface area contributed by atoms with Gasteiger partial charge in [-0.2, -0.15) is 0 Å². The van der Waals surface area contributed by atoms with Crippen molar-refractivity contribution in [2.45, 2.75) is 36.9 Å². The Morgan fingerprint density at radius 1 is 0.892 bits per heavy atom. The molecule has 0 aromatic heterocycles. The quantitative estimate of drug-likeness (QED) is 0.286. The first-order valence-electron chi connectivity index (χ1n) is 12.0. The van der Waals surface area contributed by atoms with Crippen LogP contribution in [-0.4, -0.2) is 96.4 Å². The fraction of sp³-hybridized carbons (Fsp3) is 0.538. The molecule has 4 rings (SSSR count). The minimum absolute atomic E-state index is 0.00181. The summed E-state index contributed by atoms with van der Waals surface area (Å²) in [4.78, 5) is 0. The van der Waals surface area contributed by atoms with Crippen molar-refractivity contribution in [1.29, 1.82) is 0 Å². The van der Waals surface area contributed by atoms with Gasteiger partial charge in [-0.15, -0.1) is 0 Å². The smallest absolute Gasteiger partial charge is 0.200 e. The predicted octanol–water partition coefficient (Wildman–Crippen LogP) is 0.492. The Morgan fingerprint density at radius 2 is 1.54 bits per heavy atom. The van der Waals surface area contributed by atoms with E-state index in [1.807, 2.05) is 0 Å². The van der Waals surface area contributed by atoms with E-state index >= 15 is 0 Å². The molecular formula is C26H34O11. The van der Waals surface area contributed by atoms with E-state index in [-0.39, 0.29) is 48.7 Å². The van der Waals surface area contributed by atoms with Crippen LogP contribution in [0.2, 0.25) is 0 Å². The molecule has 0 spiro atoms. The molecule has 0 amide bonds. The SMILES string of the molecule is COc1cc2c(cc1O)C(c1cc(OC)c(O)c(OC)c1)[C@H](CO[C@@H]1OC[C@@H](O)[C@H](O)[C@H]1O)C(CO)C2. The molecule has 37 heavy (non-hydrogen) atoms. The Kier molecular flexibility index (Phi) is 8.32. The Labute approximate surface area is 214 Å². The van der Waals surface area contributed by atoms with Crippen LogP contribution in [0.4, 0.5) is 0 Å². The number of ether oxygens (including phenoxy) is 5. The minimum atomic E-state index is -1.46. The van der Waals surface area contributed by atoms with Crippen molar-refractivity contribution in [2.75, 3.05) is 41.2 Å². The maximum Gasteiger partial charge on any atom is 0.200 e. The summed E-state index contributed by atoms with van der Waals surface area (Å²) in [7, 11) is 4.29. The highest BCUT2D eigenvalue weighted by Crippen LogP contribution is 2.50. The van der Waals surface area contributed by atoms with Gasteiger partial charge in [0.15, 0.2) is 29.3 Å². The highest BCUT2D eigenvalue weighted by atomic mass is 16.7. The van der Waals surface area contributed by atoms with Gasteiger partial charge in [0.05, 0.1) is 34.5 Å². The fourth-order valence-electron chi connectivity index (χ4n) is 5.28. The zero-order chi connectivity index (χ0) is 26.9. The third-order valence-corrected chi connectivity index (χ3v) is 7.29. The molecule has 2 aliphatic rings. The molecular weight excluding hydrogens is 488 g/mol. The first kappa shape index (κ1) is 27.2. The van der Waals surface area contributed by atoms with E-state index < -0.39 is 36.4 Å². The van der Waals surface area contributed by atoms with Gasteiger partial charge in [0.2, 0.25) is 5.75 Å². The normalized spacial score (nSPS) is 29.4.